The number of piperazine rings is 1. The zero-order chi connectivity index (χ0) is 20.5. The molecule has 4 heterocycles. The van der Waals surface area contributed by atoms with Crippen molar-refractivity contribution in [3.63, 3.8) is 0 Å². The van der Waals surface area contributed by atoms with E-state index in [9.17, 15) is 4.79 Å². The van der Waals surface area contributed by atoms with E-state index in [0.717, 1.165) is 56.8 Å². The SMILES string of the molecule is CN1CCN(Cc2c(/C=C3/C(=O)NN=C3c3ccnnc3)[nH]c3c2CCCC3)CC1. The Hall–Kier alpha value is -2.84. The molecule has 2 aromatic rings. The van der Waals surface area contributed by atoms with Crippen LogP contribution in [0.4, 0.5) is 0 Å². The molecule has 1 saturated heterocycles. The summed E-state index contributed by atoms with van der Waals surface area (Å²) in [6.45, 7) is 5.25. The van der Waals surface area contributed by atoms with Crippen molar-refractivity contribution >= 4 is 17.7 Å². The van der Waals surface area contributed by atoms with E-state index < -0.39 is 0 Å². The number of hydrogen-bond donors (Lipinski definition) is 2. The van der Waals surface area contributed by atoms with Crippen LogP contribution in [-0.2, 0) is 24.2 Å². The van der Waals surface area contributed by atoms with E-state index in [1.165, 1.54) is 29.7 Å². The van der Waals surface area contributed by atoms with E-state index in [1.54, 1.807) is 12.4 Å². The van der Waals surface area contributed by atoms with Gasteiger partial charge in [-0.25, -0.2) is 5.43 Å². The van der Waals surface area contributed by atoms with Crippen LogP contribution in [0.15, 0.2) is 29.1 Å². The minimum absolute atomic E-state index is 0.181. The molecule has 0 spiro atoms. The first-order valence-corrected chi connectivity index (χ1v) is 10.7. The molecule has 2 N–H and O–H groups in total. The highest BCUT2D eigenvalue weighted by atomic mass is 16.2. The van der Waals surface area contributed by atoms with Crippen LogP contribution in [-0.4, -0.2) is 69.8 Å². The summed E-state index contributed by atoms with van der Waals surface area (Å²) in [5, 5.41) is 12.0. The molecule has 0 aromatic carbocycles. The molecule has 1 fully saturated rings. The number of nitrogens with zero attached hydrogens (tertiary/aromatic N) is 5. The molecule has 3 aliphatic rings. The van der Waals surface area contributed by atoms with Crippen LogP contribution in [0.25, 0.3) is 6.08 Å². The molecule has 1 amide bonds. The maximum atomic E-state index is 12.6. The standard InChI is InChI=1S/C22H27N7O/c1-28-8-10-29(11-9-28)14-18-16-4-2-3-5-19(16)25-20(18)12-17-21(26-27-22(17)30)15-6-7-23-24-13-15/h6-7,12-13,25H,2-5,8-11,14H2,1H3,(H,27,30)/b17-12+. The van der Waals surface area contributed by atoms with E-state index in [4.69, 9.17) is 0 Å². The van der Waals surface area contributed by atoms with Gasteiger partial charge in [-0.1, -0.05) is 0 Å². The number of H-pyrrole nitrogens is 1. The Labute approximate surface area is 176 Å². The first kappa shape index (κ1) is 19.1. The summed E-state index contributed by atoms with van der Waals surface area (Å²) in [6.07, 6.45) is 9.86. The molecule has 0 bridgehead atoms. The van der Waals surface area contributed by atoms with Crippen molar-refractivity contribution in [3.05, 3.63) is 52.1 Å². The summed E-state index contributed by atoms with van der Waals surface area (Å²) in [7, 11) is 2.18. The van der Waals surface area contributed by atoms with Crippen LogP contribution in [0, 0.1) is 0 Å². The molecule has 156 valence electrons. The Morgan fingerprint density at radius 3 is 2.77 bits per heavy atom. The number of likely N-dealkylation sites (N-methyl/N-ethyl adjacent to an activating group) is 1. The zero-order valence-corrected chi connectivity index (χ0v) is 17.3. The first-order chi connectivity index (χ1) is 14.7. The average molecular weight is 406 g/mol. The quantitative estimate of drug-likeness (QED) is 0.750. The van der Waals surface area contributed by atoms with Crippen molar-refractivity contribution < 1.29 is 4.79 Å². The number of hydrogen-bond acceptors (Lipinski definition) is 6. The van der Waals surface area contributed by atoms with E-state index in [1.807, 2.05) is 12.1 Å². The number of aryl methyl sites for hydroxylation is 1. The van der Waals surface area contributed by atoms with Crippen LogP contribution in [0.1, 0.15) is 40.9 Å². The predicted octanol–water partition coefficient (Wildman–Crippen LogP) is 1.35. The van der Waals surface area contributed by atoms with Gasteiger partial charge in [-0.2, -0.15) is 15.3 Å². The van der Waals surface area contributed by atoms with Gasteiger partial charge in [-0.15, -0.1) is 0 Å². The van der Waals surface area contributed by atoms with Gasteiger partial charge in [0.1, 0.15) is 5.71 Å². The van der Waals surface area contributed by atoms with Crippen LogP contribution in [0.2, 0.25) is 0 Å². The van der Waals surface area contributed by atoms with Crippen molar-refractivity contribution in [2.24, 2.45) is 5.10 Å². The van der Waals surface area contributed by atoms with Gasteiger partial charge >= 0.3 is 0 Å². The van der Waals surface area contributed by atoms with Gasteiger partial charge in [0.15, 0.2) is 0 Å². The summed E-state index contributed by atoms with van der Waals surface area (Å²) in [6, 6.07) is 1.82. The number of aromatic amines is 1. The van der Waals surface area contributed by atoms with Crippen LogP contribution in [0.5, 0.6) is 0 Å². The third-order valence-corrected chi connectivity index (χ3v) is 6.34. The fourth-order valence-electron chi connectivity index (χ4n) is 4.57. The topological polar surface area (TPSA) is 89.5 Å². The third-order valence-electron chi connectivity index (χ3n) is 6.34. The number of rotatable bonds is 4. The Balaban J connectivity index is 1.51. The maximum Gasteiger partial charge on any atom is 0.273 e. The highest BCUT2D eigenvalue weighted by Gasteiger charge is 2.27. The van der Waals surface area contributed by atoms with Crippen LogP contribution >= 0.6 is 0 Å². The molecular weight excluding hydrogens is 378 g/mol. The first-order valence-electron chi connectivity index (χ1n) is 10.7. The van der Waals surface area contributed by atoms with Gasteiger partial charge in [0, 0.05) is 49.7 Å². The number of fused-ring (bicyclic) bond motifs is 1. The van der Waals surface area contributed by atoms with Gasteiger partial charge in [-0.3, -0.25) is 9.69 Å². The lowest BCUT2D eigenvalue weighted by atomic mass is 9.93. The second kappa shape index (κ2) is 8.12. The molecule has 0 radical (unpaired) electrons. The number of hydrazone groups is 1. The number of carbonyl (C=O) groups is 1. The molecule has 8 heteroatoms. The van der Waals surface area contributed by atoms with Crippen LogP contribution in [0.3, 0.4) is 0 Å². The Morgan fingerprint density at radius 1 is 1.13 bits per heavy atom. The Morgan fingerprint density at radius 2 is 1.97 bits per heavy atom. The lowest BCUT2D eigenvalue weighted by molar-refractivity contribution is -0.116. The van der Waals surface area contributed by atoms with E-state index in [-0.39, 0.29) is 5.91 Å². The van der Waals surface area contributed by atoms with Crippen LogP contribution < -0.4 is 5.43 Å². The predicted molar refractivity (Wildman–Crippen MR) is 115 cm³/mol. The monoisotopic (exact) mass is 405 g/mol. The van der Waals surface area contributed by atoms with Crippen molar-refractivity contribution in [2.45, 2.75) is 32.2 Å². The molecule has 2 aromatic heterocycles. The van der Waals surface area contributed by atoms with E-state index in [2.05, 4.69) is 42.6 Å². The molecule has 0 saturated carbocycles. The number of carbonyl (C=O) groups excluding carboxylic acids is 1. The normalized spacial score (nSPS) is 21.6. The summed E-state index contributed by atoms with van der Waals surface area (Å²) in [5.41, 5.74) is 9.75. The molecule has 30 heavy (non-hydrogen) atoms. The average Bonchev–Trinajstić information content (AvgIpc) is 3.31. The Bertz CT molecular complexity index is 1000. The molecule has 0 atom stereocenters. The minimum atomic E-state index is -0.181. The largest absolute Gasteiger partial charge is 0.358 e. The molecule has 0 unspecified atom stereocenters. The van der Waals surface area contributed by atoms with Crippen molar-refractivity contribution in [1.29, 1.82) is 0 Å². The van der Waals surface area contributed by atoms with Gasteiger partial charge in [0.05, 0.1) is 18.0 Å². The molecule has 1 aliphatic carbocycles. The maximum absolute atomic E-state index is 12.6. The second-order valence-corrected chi connectivity index (χ2v) is 8.35. The van der Waals surface area contributed by atoms with E-state index >= 15 is 0 Å². The smallest absolute Gasteiger partial charge is 0.273 e. The lowest BCUT2D eigenvalue weighted by Crippen LogP contribution is -2.44. The van der Waals surface area contributed by atoms with Crippen molar-refractivity contribution in [1.82, 2.24) is 30.4 Å². The van der Waals surface area contributed by atoms with Crippen molar-refractivity contribution in [2.75, 3.05) is 33.2 Å². The highest BCUT2D eigenvalue weighted by molar-refractivity contribution is 6.33. The zero-order valence-electron chi connectivity index (χ0n) is 17.3. The molecule has 2 aliphatic heterocycles. The summed E-state index contributed by atoms with van der Waals surface area (Å²) >= 11 is 0. The lowest BCUT2D eigenvalue weighted by Gasteiger charge is -2.32. The molecule has 5 rings (SSSR count). The number of amides is 1. The third kappa shape index (κ3) is 3.68. The van der Waals surface area contributed by atoms with Gasteiger partial charge in [-0.05, 0) is 56.0 Å². The van der Waals surface area contributed by atoms with Gasteiger partial charge in [0.2, 0.25) is 0 Å². The summed E-state index contributed by atoms with van der Waals surface area (Å²) in [4.78, 5) is 21.1. The van der Waals surface area contributed by atoms with Crippen molar-refractivity contribution in [3.8, 4) is 0 Å². The fraction of sp³-hybridized carbons (Fsp3) is 0.455. The van der Waals surface area contributed by atoms with Gasteiger partial charge in [0.25, 0.3) is 5.91 Å². The summed E-state index contributed by atoms with van der Waals surface area (Å²) < 4.78 is 0. The minimum Gasteiger partial charge on any atom is -0.358 e. The molecular formula is C22H27N7O. The summed E-state index contributed by atoms with van der Waals surface area (Å²) in [5.74, 6) is -0.181. The number of aromatic nitrogens is 3. The highest BCUT2D eigenvalue weighted by Crippen LogP contribution is 2.30. The number of nitrogens with one attached hydrogen (secondary N) is 2. The molecule has 8 nitrogen and oxygen atoms in total. The Kier molecular flexibility index (Phi) is 5.18. The fourth-order valence-corrected chi connectivity index (χ4v) is 4.57. The second-order valence-electron chi connectivity index (χ2n) is 8.35. The van der Waals surface area contributed by atoms with Gasteiger partial charge < -0.3 is 9.88 Å². The van der Waals surface area contributed by atoms with E-state index in [0.29, 0.717) is 11.3 Å².